The molecule has 20 heavy (non-hydrogen) atoms. The third-order valence-electron chi connectivity index (χ3n) is 3.26. The summed E-state index contributed by atoms with van der Waals surface area (Å²) in [7, 11) is 3.59. The van der Waals surface area contributed by atoms with Gasteiger partial charge >= 0.3 is 0 Å². The molecule has 2 N–H and O–H groups in total. The van der Waals surface area contributed by atoms with E-state index in [1.54, 1.807) is 13.4 Å². The van der Waals surface area contributed by atoms with Crippen molar-refractivity contribution in [3.63, 3.8) is 0 Å². The zero-order valence-corrected chi connectivity index (χ0v) is 11.5. The fourth-order valence-electron chi connectivity index (χ4n) is 2.35. The van der Waals surface area contributed by atoms with E-state index in [9.17, 15) is 0 Å². The van der Waals surface area contributed by atoms with Gasteiger partial charge in [0.1, 0.15) is 17.7 Å². The van der Waals surface area contributed by atoms with Crippen molar-refractivity contribution >= 4 is 11.0 Å². The molecule has 3 aromatic rings. The predicted octanol–water partition coefficient (Wildman–Crippen LogP) is 2.35. The summed E-state index contributed by atoms with van der Waals surface area (Å²) in [6, 6.07) is 7.90. The van der Waals surface area contributed by atoms with E-state index in [1.807, 2.05) is 37.5 Å². The molecule has 0 aliphatic rings. The molecule has 2 heterocycles. The van der Waals surface area contributed by atoms with E-state index in [0.717, 1.165) is 40.1 Å². The standard InChI is InChI=1S/C15H16N4O/c1-16-7-11-8-17-15-13(11)14(18-9-19-15)10-4-3-5-12(6-10)20-2/h3-6,8-9,16H,7H2,1-2H3,(H,17,18,19). The average molecular weight is 268 g/mol. The first kappa shape index (κ1) is 12.6. The Balaban J connectivity index is 2.21. The summed E-state index contributed by atoms with van der Waals surface area (Å²) in [4.78, 5) is 11.9. The monoisotopic (exact) mass is 268 g/mol. The second-order valence-corrected chi connectivity index (χ2v) is 4.52. The smallest absolute Gasteiger partial charge is 0.141 e. The molecule has 0 fully saturated rings. The van der Waals surface area contributed by atoms with Crippen LogP contribution in [0.1, 0.15) is 5.56 Å². The number of rotatable bonds is 4. The Morgan fingerprint density at radius 3 is 3.00 bits per heavy atom. The van der Waals surface area contributed by atoms with Crippen LogP contribution in [0, 0.1) is 0 Å². The third kappa shape index (κ3) is 2.12. The van der Waals surface area contributed by atoms with Crippen molar-refractivity contribution in [2.45, 2.75) is 6.54 Å². The summed E-state index contributed by atoms with van der Waals surface area (Å²) in [6.07, 6.45) is 3.55. The van der Waals surface area contributed by atoms with Gasteiger partial charge in [0.05, 0.1) is 12.8 Å². The van der Waals surface area contributed by atoms with Crippen LogP contribution in [0.3, 0.4) is 0 Å². The number of benzene rings is 1. The molecule has 0 spiro atoms. The number of ether oxygens (including phenoxy) is 1. The number of aromatic nitrogens is 3. The molecule has 3 rings (SSSR count). The topological polar surface area (TPSA) is 62.8 Å². The van der Waals surface area contributed by atoms with E-state index < -0.39 is 0 Å². The molecular weight excluding hydrogens is 252 g/mol. The molecule has 5 heteroatoms. The molecule has 5 nitrogen and oxygen atoms in total. The number of aromatic amines is 1. The van der Waals surface area contributed by atoms with E-state index in [-0.39, 0.29) is 0 Å². The Morgan fingerprint density at radius 1 is 1.30 bits per heavy atom. The van der Waals surface area contributed by atoms with Gasteiger partial charge in [-0.2, -0.15) is 0 Å². The molecule has 102 valence electrons. The highest BCUT2D eigenvalue weighted by Crippen LogP contribution is 2.29. The Bertz CT molecular complexity index is 736. The van der Waals surface area contributed by atoms with Gasteiger partial charge in [-0.15, -0.1) is 0 Å². The van der Waals surface area contributed by atoms with Crippen molar-refractivity contribution in [3.05, 3.63) is 42.4 Å². The van der Waals surface area contributed by atoms with E-state index >= 15 is 0 Å². The maximum absolute atomic E-state index is 5.28. The normalized spacial score (nSPS) is 10.9. The second-order valence-electron chi connectivity index (χ2n) is 4.52. The van der Waals surface area contributed by atoms with Crippen molar-refractivity contribution in [3.8, 4) is 17.0 Å². The van der Waals surface area contributed by atoms with Gasteiger partial charge < -0.3 is 15.0 Å². The maximum Gasteiger partial charge on any atom is 0.141 e. The first-order chi connectivity index (χ1) is 9.83. The lowest BCUT2D eigenvalue weighted by atomic mass is 10.1. The molecule has 2 aromatic heterocycles. The molecule has 0 radical (unpaired) electrons. The van der Waals surface area contributed by atoms with Crippen LogP contribution in [0.2, 0.25) is 0 Å². The van der Waals surface area contributed by atoms with Crippen molar-refractivity contribution < 1.29 is 4.74 Å². The molecule has 1 aromatic carbocycles. The van der Waals surface area contributed by atoms with Crippen molar-refractivity contribution in [2.24, 2.45) is 0 Å². The fourth-order valence-corrected chi connectivity index (χ4v) is 2.35. The van der Waals surface area contributed by atoms with Crippen molar-refractivity contribution in [1.29, 1.82) is 0 Å². The Labute approximate surface area is 117 Å². The van der Waals surface area contributed by atoms with Gasteiger partial charge in [-0.1, -0.05) is 12.1 Å². The lowest BCUT2D eigenvalue weighted by molar-refractivity contribution is 0.415. The highest BCUT2D eigenvalue weighted by molar-refractivity contribution is 5.93. The lowest BCUT2D eigenvalue weighted by Gasteiger charge is -2.06. The molecule has 0 aliphatic heterocycles. The minimum atomic E-state index is 0.768. The van der Waals surface area contributed by atoms with Crippen LogP contribution >= 0.6 is 0 Å². The van der Waals surface area contributed by atoms with Gasteiger partial charge in [0.15, 0.2) is 0 Å². The third-order valence-corrected chi connectivity index (χ3v) is 3.26. The number of hydrogen-bond donors (Lipinski definition) is 2. The van der Waals surface area contributed by atoms with Crippen LogP contribution in [0.15, 0.2) is 36.8 Å². The quantitative estimate of drug-likeness (QED) is 0.762. The van der Waals surface area contributed by atoms with Gasteiger partial charge in [0.2, 0.25) is 0 Å². The molecular formula is C15H16N4O. The number of nitrogens with zero attached hydrogens (tertiary/aromatic N) is 2. The van der Waals surface area contributed by atoms with Crippen molar-refractivity contribution in [1.82, 2.24) is 20.3 Å². The summed E-state index contributed by atoms with van der Waals surface area (Å²) in [5.74, 6) is 0.819. The Kier molecular flexibility index (Phi) is 3.35. The lowest BCUT2D eigenvalue weighted by Crippen LogP contribution is -2.04. The van der Waals surface area contributed by atoms with Gasteiger partial charge in [0.25, 0.3) is 0 Å². The summed E-state index contributed by atoms with van der Waals surface area (Å²) in [6.45, 7) is 0.768. The Hall–Kier alpha value is -2.40. The van der Waals surface area contributed by atoms with Gasteiger partial charge in [-0.3, -0.25) is 0 Å². The van der Waals surface area contributed by atoms with Crippen LogP contribution in [0.5, 0.6) is 5.75 Å². The zero-order valence-electron chi connectivity index (χ0n) is 11.5. The van der Waals surface area contributed by atoms with Crippen LogP contribution in [-0.4, -0.2) is 29.1 Å². The van der Waals surface area contributed by atoms with E-state index in [4.69, 9.17) is 4.74 Å². The average Bonchev–Trinajstić information content (AvgIpc) is 2.91. The van der Waals surface area contributed by atoms with Gasteiger partial charge in [-0.25, -0.2) is 9.97 Å². The number of H-pyrrole nitrogens is 1. The summed E-state index contributed by atoms with van der Waals surface area (Å²) >= 11 is 0. The first-order valence-electron chi connectivity index (χ1n) is 6.43. The van der Waals surface area contributed by atoms with E-state index in [1.165, 1.54) is 0 Å². The minimum Gasteiger partial charge on any atom is -0.497 e. The van der Waals surface area contributed by atoms with Crippen molar-refractivity contribution in [2.75, 3.05) is 14.2 Å². The van der Waals surface area contributed by atoms with Crippen LogP contribution in [0.25, 0.3) is 22.3 Å². The maximum atomic E-state index is 5.28. The molecule has 0 amide bonds. The van der Waals surface area contributed by atoms with Gasteiger partial charge in [-0.05, 0) is 24.7 Å². The molecule has 0 atom stereocenters. The number of methoxy groups -OCH3 is 1. The highest BCUT2D eigenvalue weighted by atomic mass is 16.5. The van der Waals surface area contributed by atoms with Crippen LogP contribution in [0.4, 0.5) is 0 Å². The summed E-state index contributed by atoms with van der Waals surface area (Å²) in [5.41, 5.74) is 3.94. The minimum absolute atomic E-state index is 0.768. The predicted molar refractivity (Wildman–Crippen MR) is 78.6 cm³/mol. The second kappa shape index (κ2) is 5.30. The van der Waals surface area contributed by atoms with E-state index in [0.29, 0.717) is 0 Å². The summed E-state index contributed by atoms with van der Waals surface area (Å²) in [5, 5.41) is 4.21. The number of hydrogen-bond acceptors (Lipinski definition) is 4. The van der Waals surface area contributed by atoms with Gasteiger partial charge in [0, 0.05) is 23.7 Å². The number of fused-ring (bicyclic) bond motifs is 1. The zero-order chi connectivity index (χ0) is 13.9. The molecule has 0 bridgehead atoms. The fraction of sp³-hybridized carbons (Fsp3) is 0.200. The first-order valence-corrected chi connectivity index (χ1v) is 6.43. The molecule has 0 aliphatic carbocycles. The summed E-state index contributed by atoms with van der Waals surface area (Å²) < 4.78 is 5.28. The largest absolute Gasteiger partial charge is 0.497 e. The molecule has 0 unspecified atom stereocenters. The molecule has 0 saturated carbocycles. The Morgan fingerprint density at radius 2 is 2.20 bits per heavy atom. The highest BCUT2D eigenvalue weighted by Gasteiger charge is 2.12. The van der Waals surface area contributed by atoms with Crippen LogP contribution < -0.4 is 10.1 Å². The number of nitrogens with one attached hydrogen (secondary N) is 2. The molecule has 0 saturated heterocycles. The van der Waals surface area contributed by atoms with Crippen LogP contribution in [-0.2, 0) is 6.54 Å². The SMILES string of the molecule is CNCc1c[nH]c2ncnc(-c3cccc(OC)c3)c12. The van der Waals surface area contributed by atoms with E-state index in [2.05, 4.69) is 20.3 Å².